The Balaban J connectivity index is 4.24. The first-order valence-corrected chi connectivity index (χ1v) is 13.4. The van der Waals surface area contributed by atoms with E-state index in [2.05, 4.69) is 10.6 Å². The van der Waals surface area contributed by atoms with Crippen molar-refractivity contribution in [3.63, 3.8) is 0 Å². The van der Waals surface area contributed by atoms with E-state index in [-0.39, 0.29) is 60.1 Å². The average Bonchev–Trinajstić information content (AvgIpc) is 2.85. The smallest absolute Gasteiger partial charge is 0.374 e. The van der Waals surface area contributed by atoms with Crippen LogP contribution >= 0.6 is 0 Å². The van der Waals surface area contributed by atoms with Gasteiger partial charge in [-0.05, 0) is 55.4 Å². The first kappa shape index (κ1) is 36.0. The molecular weight excluding hydrogens is 556 g/mol. The van der Waals surface area contributed by atoms with Gasteiger partial charge < -0.3 is 49.3 Å². The average molecular weight is 599 g/mol. The van der Waals surface area contributed by atoms with Gasteiger partial charge in [0.1, 0.15) is 0 Å². The van der Waals surface area contributed by atoms with Crippen LogP contribution in [0.25, 0.3) is 0 Å². The zero-order valence-electron chi connectivity index (χ0n) is 25.8. The molecule has 0 saturated heterocycles. The lowest BCUT2D eigenvalue weighted by atomic mass is 10.0. The van der Waals surface area contributed by atoms with Crippen molar-refractivity contribution in [2.75, 3.05) is 26.4 Å². The second-order valence-corrected chi connectivity index (χ2v) is 9.21. The lowest BCUT2D eigenvalue weighted by molar-refractivity contribution is -0.193. The van der Waals surface area contributed by atoms with Crippen molar-refractivity contribution < 1.29 is 57.8 Å². The van der Waals surface area contributed by atoms with E-state index in [0.29, 0.717) is 0 Å². The van der Waals surface area contributed by atoms with Gasteiger partial charge in [-0.3, -0.25) is 0 Å². The fraction of sp³-hybridized carbons (Fsp3) is 0.571. The van der Waals surface area contributed by atoms with Gasteiger partial charge in [0.2, 0.25) is 11.5 Å². The van der Waals surface area contributed by atoms with Crippen LogP contribution in [0.2, 0.25) is 0 Å². The first-order chi connectivity index (χ1) is 19.5. The normalized spacial score (nSPS) is 29.0. The minimum absolute atomic E-state index is 0.0414. The van der Waals surface area contributed by atoms with Crippen LogP contribution in [0.15, 0.2) is 45.2 Å². The highest BCUT2D eigenvalue weighted by Crippen LogP contribution is 2.29. The monoisotopic (exact) mass is 598 g/mol. The molecule has 0 saturated carbocycles. The third-order valence-electron chi connectivity index (χ3n) is 5.50. The van der Waals surface area contributed by atoms with Crippen molar-refractivity contribution in [3.05, 3.63) is 45.2 Å². The zero-order chi connectivity index (χ0) is 32.4. The summed E-state index contributed by atoms with van der Waals surface area (Å²) >= 11 is 0. The van der Waals surface area contributed by atoms with Crippen molar-refractivity contribution in [1.29, 1.82) is 0 Å². The molecule has 4 N–H and O–H groups in total. The molecule has 0 bridgehead atoms. The highest BCUT2D eigenvalue weighted by Gasteiger charge is 2.37. The Labute approximate surface area is 245 Å². The van der Waals surface area contributed by atoms with Crippen LogP contribution in [0, 0.1) is 0 Å². The second-order valence-electron chi connectivity index (χ2n) is 9.21. The molecule has 2 atom stereocenters. The van der Waals surface area contributed by atoms with Crippen LogP contribution in [0.1, 0.15) is 69.2 Å². The fourth-order valence-electron chi connectivity index (χ4n) is 4.01. The Morgan fingerprint density at radius 2 is 0.857 bits per heavy atom. The Hall–Kier alpha value is -4.04. The summed E-state index contributed by atoms with van der Waals surface area (Å²) in [5.41, 5.74) is -0.981. The van der Waals surface area contributed by atoms with E-state index in [1.54, 1.807) is 27.7 Å². The summed E-state index contributed by atoms with van der Waals surface area (Å²) in [6.45, 7) is 13.7. The number of rotatable bonds is 8. The summed E-state index contributed by atoms with van der Waals surface area (Å²) in [6, 6.07) is 0. The predicted octanol–water partition coefficient (Wildman–Crippen LogP) is 1.89. The van der Waals surface area contributed by atoms with E-state index in [9.17, 15) is 29.4 Å². The molecule has 14 nitrogen and oxygen atoms in total. The van der Waals surface area contributed by atoms with Crippen LogP contribution < -0.4 is 10.6 Å². The maximum atomic E-state index is 13.1. The molecule has 0 aromatic heterocycles. The Kier molecular flexibility index (Phi) is 13.1. The molecule has 0 spiro atoms. The molecule has 1 rings (SSSR count). The van der Waals surface area contributed by atoms with Gasteiger partial charge in [0.05, 0.1) is 37.6 Å². The molecule has 0 aromatic carbocycles. The van der Waals surface area contributed by atoms with Crippen LogP contribution in [0.5, 0.6) is 0 Å². The van der Waals surface area contributed by atoms with Gasteiger partial charge in [-0.2, -0.15) is 0 Å². The third kappa shape index (κ3) is 9.52. The topological polar surface area (TPSA) is 188 Å². The summed E-state index contributed by atoms with van der Waals surface area (Å²) in [5, 5.41) is 27.6. The van der Waals surface area contributed by atoms with Crippen molar-refractivity contribution in [1.82, 2.24) is 10.6 Å². The molecule has 14 heteroatoms. The van der Waals surface area contributed by atoms with Gasteiger partial charge in [-0.25, -0.2) is 19.2 Å². The Morgan fingerprint density at radius 3 is 1.12 bits per heavy atom. The molecule has 1 aliphatic heterocycles. The van der Waals surface area contributed by atoms with Crippen LogP contribution in [-0.4, -0.2) is 72.3 Å². The van der Waals surface area contributed by atoms with Gasteiger partial charge in [-0.1, -0.05) is 0 Å². The van der Waals surface area contributed by atoms with Crippen molar-refractivity contribution in [2.45, 2.75) is 81.1 Å². The third-order valence-corrected chi connectivity index (χ3v) is 5.50. The van der Waals surface area contributed by atoms with E-state index < -0.39 is 47.2 Å². The number of carbonyl (C=O) groups excluding carboxylic acids is 4. The molecular formula is C28H42N2O12. The van der Waals surface area contributed by atoms with Gasteiger partial charge in [0.25, 0.3) is 11.8 Å². The summed E-state index contributed by atoms with van der Waals surface area (Å²) in [6.07, 6.45) is 0. The molecule has 42 heavy (non-hydrogen) atoms. The number of hydrogen-bond donors (Lipinski definition) is 4. The second kappa shape index (κ2) is 15.3. The van der Waals surface area contributed by atoms with E-state index in [0.717, 1.165) is 13.8 Å². The zero-order valence-corrected chi connectivity index (χ0v) is 25.8. The van der Waals surface area contributed by atoms with E-state index >= 15 is 0 Å². The number of nitrogens with one attached hydrogen (secondary N) is 2. The van der Waals surface area contributed by atoms with E-state index in [1.165, 1.54) is 27.7 Å². The van der Waals surface area contributed by atoms with Crippen molar-refractivity contribution in [2.24, 2.45) is 0 Å². The number of allylic oxidation sites excluding steroid dienone is 2. The van der Waals surface area contributed by atoms with Gasteiger partial charge >= 0.3 is 23.9 Å². The molecule has 0 fully saturated rings. The lowest BCUT2D eigenvalue weighted by Crippen LogP contribution is -2.47. The molecule has 236 valence electrons. The maximum absolute atomic E-state index is 13.1. The molecule has 0 amide bonds. The molecule has 0 aromatic rings. The quantitative estimate of drug-likeness (QED) is 0.234. The van der Waals surface area contributed by atoms with E-state index in [4.69, 9.17) is 28.4 Å². The van der Waals surface area contributed by atoms with Crippen LogP contribution in [-0.2, 0) is 47.6 Å². The minimum atomic E-state index is -2.41. The Morgan fingerprint density at radius 1 is 0.595 bits per heavy atom. The molecule has 1 heterocycles. The van der Waals surface area contributed by atoms with Gasteiger partial charge in [-0.15, -0.1) is 0 Å². The first-order valence-electron chi connectivity index (χ1n) is 13.4. The predicted molar refractivity (Wildman–Crippen MR) is 147 cm³/mol. The molecule has 1 aliphatic rings. The number of hydrogen-bond acceptors (Lipinski definition) is 14. The molecule has 2 unspecified atom stereocenters. The highest BCUT2D eigenvalue weighted by atomic mass is 16.7. The lowest BCUT2D eigenvalue weighted by Gasteiger charge is -2.32. The summed E-state index contributed by atoms with van der Waals surface area (Å²) in [5.74, 6) is -9.88. The standard InChI is InChI=1S/C28H42N2O12/c1-11-37-23(31)19-15(5)21(25(33)39-13-3)41-28(10,36)30-18(8)20(24(32)38-12-2)16(6)22(26(34)40-14-4)42-27(9,35)29-17(19)7/h29-30,35-36H,11-14H2,1-10H3/b19-17+,20-18+,21-15-,22-16-. The number of ether oxygens (including phenoxy) is 6. The van der Waals surface area contributed by atoms with Crippen LogP contribution in [0.3, 0.4) is 0 Å². The van der Waals surface area contributed by atoms with Crippen molar-refractivity contribution in [3.8, 4) is 0 Å². The highest BCUT2D eigenvalue weighted by molar-refractivity contribution is 5.99. The largest absolute Gasteiger partial charge is 0.462 e. The van der Waals surface area contributed by atoms with Crippen molar-refractivity contribution >= 4 is 23.9 Å². The van der Waals surface area contributed by atoms with Gasteiger partial charge in [0, 0.05) is 36.4 Å². The number of esters is 4. The fourth-order valence-corrected chi connectivity index (χ4v) is 4.01. The summed E-state index contributed by atoms with van der Waals surface area (Å²) < 4.78 is 31.9. The summed E-state index contributed by atoms with van der Waals surface area (Å²) in [4.78, 5) is 52.2. The molecule has 0 aliphatic carbocycles. The SMILES string of the molecule is CCOC(=O)/C1=C(C)/C(C(=O)OCC)=C(/C)NC(C)(O)O/C(C(=O)OCC)=C(C)\C(C(=O)OCC)=C(\C)NC(C)(O)O1. The summed E-state index contributed by atoms with van der Waals surface area (Å²) in [7, 11) is 0. The van der Waals surface area contributed by atoms with Crippen LogP contribution in [0.4, 0.5) is 0 Å². The minimum Gasteiger partial charge on any atom is -0.462 e. The molecule has 0 radical (unpaired) electrons. The number of aliphatic hydroxyl groups is 2. The Bertz CT molecular complexity index is 1100. The number of carbonyl (C=O) groups is 4. The van der Waals surface area contributed by atoms with E-state index in [1.807, 2.05) is 0 Å². The maximum Gasteiger partial charge on any atom is 0.374 e. The van der Waals surface area contributed by atoms with Gasteiger partial charge in [0.15, 0.2) is 0 Å².